The SMILES string of the molecule is CCC(CN)CC(=O)c1cc2cc(F)ccc2o1. The molecule has 0 aliphatic heterocycles. The van der Waals surface area contributed by atoms with Crippen LogP contribution in [0.3, 0.4) is 0 Å². The molecule has 1 atom stereocenters. The zero-order valence-corrected chi connectivity index (χ0v) is 10.3. The highest BCUT2D eigenvalue weighted by atomic mass is 19.1. The minimum atomic E-state index is -0.337. The molecule has 0 bridgehead atoms. The molecule has 4 heteroatoms. The second-order valence-electron chi connectivity index (χ2n) is 4.43. The Bertz CT molecular complexity index is 558. The number of Topliss-reactive ketones (excluding diaryl/α,β-unsaturated/α-hetero) is 1. The Labute approximate surface area is 105 Å². The summed E-state index contributed by atoms with van der Waals surface area (Å²) in [6.45, 7) is 2.48. The van der Waals surface area contributed by atoms with Crippen molar-refractivity contribution >= 4 is 16.8 Å². The lowest BCUT2D eigenvalue weighted by Gasteiger charge is -2.08. The van der Waals surface area contributed by atoms with E-state index in [-0.39, 0.29) is 23.3 Å². The summed E-state index contributed by atoms with van der Waals surface area (Å²) in [6, 6.07) is 5.79. The largest absolute Gasteiger partial charge is 0.453 e. The minimum Gasteiger partial charge on any atom is -0.453 e. The Morgan fingerprint density at radius 3 is 2.89 bits per heavy atom. The zero-order valence-electron chi connectivity index (χ0n) is 10.3. The van der Waals surface area contributed by atoms with Gasteiger partial charge in [-0.25, -0.2) is 4.39 Å². The third kappa shape index (κ3) is 2.59. The number of benzene rings is 1. The number of hydrogen-bond acceptors (Lipinski definition) is 3. The summed E-state index contributed by atoms with van der Waals surface area (Å²) in [6.07, 6.45) is 1.23. The first kappa shape index (κ1) is 12.8. The van der Waals surface area contributed by atoms with Crippen LogP contribution >= 0.6 is 0 Å². The Morgan fingerprint density at radius 1 is 1.44 bits per heavy atom. The number of carbonyl (C=O) groups is 1. The van der Waals surface area contributed by atoms with Crippen LogP contribution in [0.25, 0.3) is 11.0 Å². The summed E-state index contributed by atoms with van der Waals surface area (Å²) in [5.74, 6) is 0.0320. The summed E-state index contributed by atoms with van der Waals surface area (Å²) < 4.78 is 18.4. The van der Waals surface area contributed by atoms with Gasteiger partial charge in [-0.2, -0.15) is 0 Å². The zero-order chi connectivity index (χ0) is 13.1. The monoisotopic (exact) mass is 249 g/mol. The molecule has 0 fully saturated rings. The number of halogens is 1. The Balaban J connectivity index is 2.23. The first-order valence-corrected chi connectivity index (χ1v) is 6.06. The number of ketones is 1. The van der Waals surface area contributed by atoms with Crippen molar-refractivity contribution in [2.45, 2.75) is 19.8 Å². The molecule has 0 aliphatic carbocycles. The lowest BCUT2D eigenvalue weighted by atomic mass is 9.99. The summed E-state index contributed by atoms with van der Waals surface area (Å²) in [7, 11) is 0. The van der Waals surface area contributed by atoms with Gasteiger partial charge in [-0.05, 0) is 36.7 Å². The van der Waals surface area contributed by atoms with E-state index in [0.29, 0.717) is 23.9 Å². The van der Waals surface area contributed by atoms with E-state index in [1.807, 2.05) is 6.92 Å². The predicted molar refractivity (Wildman–Crippen MR) is 68.0 cm³/mol. The van der Waals surface area contributed by atoms with Crippen LogP contribution in [0.2, 0.25) is 0 Å². The molecule has 1 aromatic carbocycles. The third-order valence-corrected chi connectivity index (χ3v) is 3.14. The maximum absolute atomic E-state index is 13.0. The normalized spacial score (nSPS) is 12.8. The van der Waals surface area contributed by atoms with E-state index in [9.17, 15) is 9.18 Å². The van der Waals surface area contributed by atoms with E-state index in [0.717, 1.165) is 6.42 Å². The van der Waals surface area contributed by atoms with Gasteiger partial charge >= 0.3 is 0 Å². The van der Waals surface area contributed by atoms with Gasteiger partial charge in [0.15, 0.2) is 11.5 Å². The van der Waals surface area contributed by atoms with Gasteiger partial charge < -0.3 is 10.2 Å². The highest BCUT2D eigenvalue weighted by molar-refractivity contribution is 5.97. The van der Waals surface area contributed by atoms with Crippen molar-refractivity contribution < 1.29 is 13.6 Å². The van der Waals surface area contributed by atoms with E-state index in [1.54, 1.807) is 6.07 Å². The van der Waals surface area contributed by atoms with Gasteiger partial charge in [0.1, 0.15) is 11.4 Å². The van der Waals surface area contributed by atoms with Crippen LogP contribution in [0.15, 0.2) is 28.7 Å². The first-order chi connectivity index (χ1) is 8.63. The molecule has 1 unspecified atom stereocenters. The van der Waals surface area contributed by atoms with Gasteiger partial charge in [-0.3, -0.25) is 4.79 Å². The van der Waals surface area contributed by atoms with E-state index >= 15 is 0 Å². The Morgan fingerprint density at radius 2 is 2.22 bits per heavy atom. The second-order valence-corrected chi connectivity index (χ2v) is 4.43. The van der Waals surface area contributed by atoms with E-state index < -0.39 is 0 Å². The molecule has 3 nitrogen and oxygen atoms in total. The van der Waals surface area contributed by atoms with E-state index in [1.165, 1.54) is 18.2 Å². The van der Waals surface area contributed by atoms with Gasteiger partial charge in [-0.15, -0.1) is 0 Å². The lowest BCUT2D eigenvalue weighted by Crippen LogP contribution is -2.17. The first-order valence-electron chi connectivity index (χ1n) is 6.06. The Hall–Kier alpha value is -1.68. The number of rotatable bonds is 5. The molecule has 0 aliphatic rings. The van der Waals surface area contributed by atoms with Crippen molar-refractivity contribution in [2.75, 3.05) is 6.54 Å². The van der Waals surface area contributed by atoms with Crippen LogP contribution in [-0.4, -0.2) is 12.3 Å². The summed E-state index contributed by atoms with van der Waals surface area (Å²) >= 11 is 0. The van der Waals surface area contributed by atoms with Crippen LogP contribution in [0.1, 0.15) is 30.3 Å². The van der Waals surface area contributed by atoms with Gasteiger partial charge in [-0.1, -0.05) is 13.3 Å². The van der Waals surface area contributed by atoms with Crippen LogP contribution in [0.5, 0.6) is 0 Å². The molecule has 1 aromatic heterocycles. The minimum absolute atomic E-state index is 0.0797. The molecule has 2 rings (SSSR count). The van der Waals surface area contributed by atoms with Crippen LogP contribution < -0.4 is 5.73 Å². The van der Waals surface area contributed by atoms with Gasteiger partial charge in [0.2, 0.25) is 0 Å². The van der Waals surface area contributed by atoms with Crippen molar-refractivity contribution in [3.05, 3.63) is 35.8 Å². The molecule has 0 saturated carbocycles. The fourth-order valence-corrected chi connectivity index (χ4v) is 1.91. The summed E-state index contributed by atoms with van der Waals surface area (Å²) in [5, 5.41) is 0.610. The summed E-state index contributed by atoms with van der Waals surface area (Å²) in [5.41, 5.74) is 6.10. The number of fused-ring (bicyclic) bond motifs is 1. The third-order valence-electron chi connectivity index (χ3n) is 3.14. The molecule has 1 heterocycles. The van der Waals surface area contributed by atoms with E-state index in [2.05, 4.69) is 0 Å². The highest BCUT2D eigenvalue weighted by Gasteiger charge is 2.16. The van der Waals surface area contributed by atoms with Crippen molar-refractivity contribution in [1.29, 1.82) is 0 Å². The van der Waals surface area contributed by atoms with Crippen molar-refractivity contribution in [2.24, 2.45) is 11.7 Å². The molecule has 0 amide bonds. The second kappa shape index (κ2) is 5.31. The maximum Gasteiger partial charge on any atom is 0.198 e. The topological polar surface area (TPSA) is 56.2 Å². The fraction of sp³-hybridized carbons (Fsp3) is 0.357. The Kier molecular flexibility index (Phi) is 3.77. The van der Waals surface area contributed by atoms with Gasteiger partial charge in [0.25, 0.3) is 0 Å². The average Bonchev–Trinajstić information content (AvgIpc) is 2.78. The highest BCUT2D eigenvalue weighted by Crippen LogP contribution is 2.22. The lowest BCUT2D eigenvalue weighted by molar-refractivity contribution is 0.0936. The van der Waals surface area contributed by atoms with Crippen molar-refractivity contribution in [3.63, 3.8) is 0 Å². The molecule has 0 saturated heterocycles. The summed E-state index contributed by atoms with van der Waals surface area (Å²) in [4.78, 5) is 12.0. The molecule has 0 spiro atoms. The molecular weight excluding hydrogens is 233 g/mol. The standard InChI is InChI=1S/C14H16FNO2/c1-2-9(8-16)5-12(17)14-7-10-6-11(15)3-4-13(10)18-14/h3-4,6-7,9H,2,5,8,16H2,1H3. The number of furan rings is 1. The number of hydrogen-bond donors (Lipinski definition) is 1. The molecule has 18 heavy (non-hydrogen) atoms. The molecule has 2 aromatic rings. The van der Waals surface area contributed by atoms with Crippen molar-refractivity contribution in [3.8, 4) is 0 Å². The number of nitrogens with two attached hydrogens (primary N) is 1. The molecule has 2 N–H and O–H groups in total. The molecular formula is C14H16FNO2. The van der Waals surface area contributed by atoms with Crippen molar-refractivity contribution in [1.82, 2.24) is 0 Å². The average molecular weight is 249 g/mol. The fourth-order valence-electron chi connectivity index (χ4n) is 1.91. The van der Waals surface area contributed by atoms with Crippen LogP contribution in [0.4, 0.5) is 4.39 Å². The smallest absolute Gasteiger partial charge is 0.198 e. The van der Waals surface area contributed by atoms with Crippen LogP contribution in [-0.2, 0) is 0 Å². The van der Waals surface area contributed by atoms with Crippen LogP contribution in [0, 0.1) is 11.7 Å². The van der Waals surface area contributed by atoms with Gasteiger partial charge in [0, 0.05) is 11.8 Å². The number of carbonyl (C=O) groups excluding carboxylic acids is 1. The van der Waals surface area contributed by atoms with Gasteiger partial charge in [0.05, 0.1) is 0 Å². The maximum atomic E-state index is 13.0. The molecule has 0 radical (unpaired) electrons. The molecule has 96 valence electrons. The predicted octanol–water partition coefficient (Wildman–Crippen LogP) is 3.13. The quantitative estimate of drug-likeness (QED) is 0.828. The van der Waals surface area contributed by atoms with E-state index in [4.69, 9.17) is 10.2 Å².